The lowest BCUT2D eigenvalue weighted by molar-refractivity contribution is 0.0376. The van der Waals surface area contributed by atoms with Crippen molar-refractivity contribution in [3.8, 4) is 0 Å². The number of nitrogens with one attached hydrogen (secondary N) is 2. The molecular weight excluding hydrogens is 318 g/mol. The summed E-state index contributed by atoms with van der Waals surface area (Å²) >= 11 is 0. The van der Waals surface area contributed by atoms with E-state index in [1.54, 1.807) is 0 Å². The van der Waals surface area contributed by atoms with E-state index in [9.17, 15) is 0 Å². The number of morpholine rings is 1. The molecule has 25 heavy (non-hydrogen) atoms. The minimum atomic E-state index is 0.542. The van der Waals surface area contributed by atoms with Gasteiger partial charge >= 0.3 is 0 Å². The van der Waals surface area contributed by atoms with Crippen LogP contribution in [-0.2, 0) is 18.3 Å². The van der Waals surface area contributed by atoms with Crippen molar-refractivity contribution in [1.82, 2.24) is 30.3 Å². The summed E-state index contributed by atoms with van der Waals surface area (Å²) in [5.41, 5.74) is 0. The normalized spacial score (nSPS) is 19.2. The third-order valence-corrected chi connectivity index (χ3v) is 4.86. The predicted octanol–water partition coefficient (Wildman–Crippen LogP) is 0.291. The zero-order valence-corrected chi connectivity index (χ0v) is 15.5. The average Bonchev–Trinajstić information content (AvgIpc) is 3.41. The van der Waals surface area contributed by atoms with Gasteiger partial charge < -0.3 is 19.9 Å². The van der Waals surface area contributed by atoms with Crippen LogP contribution in [0, 0.1) is 12.8 Å². The number of aliphatic imine (C=N–C) groups is 1. The molecule has 3 rings (SSSR count). The summed E-state index contributed by atoms with van der Waals surface area (Å²) in [5.74, 6) is 3.50. The summed E-state index contributed by atoms with van der Waals surface area (Å²) in [6, 6.07) is 0. The average molecular weight is 349 g/mol. The van der Waals surface area contributed by atoms with Crippen molar-refractivity contribution >= 4 is 5.96 Å². The molecule has 8 heteroatoms. The lowest BCUT2D eigenvalue weighted by atomic mass is 10.3. The standard InChI is InChI=1S/C17H31N7O/c1-14-21-22-16(23(14)2)13-20-17(19-12-15-4-5-15)18-6-3-7-24-8-10-25-11-9-24/h15H,3-13H2,1-2H3,(H2,18,19,20). The Kier molecular flexibility index (Phi) is 6.63. The van der Waals surface area contributed by atoms with E-state index in [-0.39, 0.29) is 0 Å². The highest BCUT2D eigenvalue weighted by molar-refractivity contribution is 5.79. The maximum Gasteiger partial charge on any atom is 0.191 e. The Bertz CT molecular complexity index is 561. The maximum absolute atomic E-state index is 5.39. The topological polar surface area (TPSA) is 79.6 Å². The third kappa shape index (κ3) is 5.97. The maximum atomic E-state index is 5.39. The Balaban J connectivity index is 1.44. The molecule has 0 aromatic carbocycles. The number of hydrogen-bond donors (Lipinski definition) is 2. The molecule has 0 radical (unpaired) electrons. The van der Waals surface area contributed by atoms with Gasteiger partial charge in [0, 0.05) is 33.2 Å². The summed E-state index contributed by atoms with van der Waals surface area (Å²) < 4.78 is 7.38. The highest BCUT2D eigenvalue weighted by Crippen LogP contribution is 2.27. The smallest absolute Gasteiger partial charge is 0.191 e. The molecule has 0 atom stereocenters. The van der Waals surface area contributed by atoms with Gasteiger partial charge in [0.1, 0.15) is 12.4 Å². The fraction of sp³-hybridized carbons (Fsp3) is 0.824. The number of guanidine groups is 1. The lowest BCUT2D eigenvalue weighted by Gasteiger charge is -2.26. The van der Waals surface area contributed by atoms with E-state index in [0.717, 1.165) is 75.9 Å². The third-order valence-electron chi connectivity index (χ3n) is 4.86. The first-order valence-electron chi connectivity index (χ1n) is 9.39. The Morgan fingerprint density at radius 3 is 2.72 bits per heavy atom. The van der Waals surface area contributed by atoms with Gasteiger partial charge in [-0.05, 0) is 38.6 Å². The Hall–Kier alpha value is -1.67. The zero-order valence-electron chi connectivity index (χ0n) is 15.5. The number of aromatic nitrogens is 3. The lowest BCUT2D eigenvalue weighted by Crippen LogP contribution is -2.41. The summed E-state index contributed by atoms with van der Waals surface area (Å²) in [6.45, 7) is 9.35. The van der Waals surface area contributed by atoms with Crippen LogP contribution in [0.25, 0.3) is 0 Å². The number of rotatable bonds is 8. The Morgan fingerprint density at radius 2 is 2.04 bits per heavy atom. The molecule has 1 aromatic rings. The molecule has 0 amide bonds. The molecule has 2 aliphatic rings. The molecule has 0 unspecified atom stereocenters. The van der Waals surface area contributed by atoms with Gasteiger partial charge in [0.15, 0.2) is 11.8 Å². The molecule has 8 nitrogen and oxygen atoms in total. The fourth-order valence-corrected chi connectivity index (χ4v) is 2.81. The van der Waals surface area contributed by atoms with Crippen molar-refractivity contribution in [2.45, 2.75) is 32.7 Å². The first kappa shape index (κ1) is 18.1. The second-order valence-corrected chi connectivity index (χ2v) is 6.95. The van der Waals surface area contributed by atoms with Gasteiger partial charge in [0.2, 0.25) is 0 Å². The van der Waals surface area contributed by atoms with E-state index in [2.05, 4.69) is 30.7 Å². The van der Waals surface area contributed by atoms with Crippen LogP contribution in [0.2, 0.25) is 0 Å². The van der Waals surface area contributed by atoms with E-state index in [4.69, 9.17) is 4.74 Å². The van der Waals surface area contributed by atoms with Crippen LogP contribution >= 0.6 is 0 Å². The fourth-order valence-electron chi connectivity index (χ4n) is 2.81. The first-order valence-corrected chi connectivity index (χ1v) is 9.39. The van der Waals surface area contributed by atoms with Crippen molar-refractivity contribution in [2.75, 3.05) is 45.9 Å². The van der Waals surface area contributed by atoms with Crippen LogP contribution in [-0.4, -0.2) is 71.6 Å². The minimum Gasteiger partial charge on any atom is -0.379 e. The van der Waals surface area contributed by atoms with Gasteiger partial charge in [0.25, 0.3) is 0 Å². The molecule has 1 saturated carbocycles. The highest BCUT2D eigenvalue weighted by Gasteiger charge is 2.21. The summed E-state index contributed by atoms with van der Waals surface area (Å²) in [7, 11) is 1.98. The molecule has 140 valence electrons. The van der Waals surface area contributed by atoms with Crippen LogP contribution in [0.5, 0.6) is 0 Å². The zero-order chi connectivity index (χ0) is 17.5. The van der Waals surface area contributed by atoms with Gasteiger partial charge in [-0.15, -0.1) is 10.2 Å². The Morgan fingerprint density at radius 1 is 1.24 bits per heavy atom. The van der Waals surface area contributed by atoms with Crippen LogP contribution in [0.15, 0.2) is 4.99 Å². The van der Waals surface area contributed by atoms with Gasteiger partial charge in [-0.1, -0.05) is 0 Å². The van der Waals surface area contributed by atoms with Crippen molar-refractivity contribution < 1.29 is 4.74 Å². The van der Waals surface area contributed by atoms with E-state index in [1.165, 1.54) is 12.8 Å². The van der Waals surface area contributed by atoms with Gasteiger partial charge in [-0.25, -0.2) is 4.99 Å². The number of hydrogen-bond acceptors (Lipinski definition) is 5. The molecule has 0 bridgehead atoms. The summed E-state index contributed by atoms with van der Waals surface area (Å²) in [4.78, 5) is 7.15. The van der Waals surface area contributed by atoms with Gasteiger partial charge in [-0.2, -0.15) is 0 Å². The number of aryl methyl sites for hydroxylation is 1. The minimum absolute atomic E-state index is 0.542. The van der Waals surface area contributed by atoms with E-state index in [0.29, 0.717) is 6.54 Å². The molecule has 1 aromatic heterocycles. The van der Waals surface area contributed by atoms with E-state index < -0.39 is 0 Å². The second-order valence-electron chi connectivity index (χ2n) is 6.95. The molecular formula is C17H31N7O. The predicted molar refractivity (Wildman–Crippen MR) is 97.5 cm³/mol. The summed E-state index contributed by atoms with van der Waals surface area (Å²) in [5, 5.41) is 15.2. The molecule has 0 spiro atoms. The second kappa shape index (κ2) is 9.15. The molecule has 2 N–H and O–H groups in total. The van der Waals surface area contributed by atoms with E-state index >= 15 is 0 Å². The first-order chi connectivity index (χ1) is 12.2. The number of ether oxygens (including phenoxy) is 1. The van der Waals surface area contributed by atoms with Crippen molar-refractivity contribution in [1.29, 1.82) is 0 Å². The Labute approximate surface area is 150 Å². The molecule has 2 heterocycles. The molecule has 1 aliphatic heterocycles. The quantitative estimate of drug-likeness (QED) is 0.399. The largest absolute Gasteiger partial charge is 0.379 e. The molecule has 2 fully saturated rings. The van der Waals surface area contributed by atoms with E-state index in [1.807, 2.05) is 18.5 Å². The van der Waals surface area contributed by atoms with Crippen LogP contribution < -0.4 is 10.6 Å². The number of nitrogens with zero attached hydrogens (tertiary/aromatic N) is 5. The van der Waals surface area contributed by atoms with Crippen molar-refractivity contribution in [2.24, 2.45) is 18.0 Å². The van der Waals surface area contributed by atoms with Crippen LogP contribution in [0.1, 0.15) is 30.9 Å². The molecule has 1 aliphatic carbocycles. The van der Waals surface area contributed by atoms with Gasteiger partial charge in [0.05, 0.1) is 13.2 Å². The SMILES string of the molecule is Cc1nnc(CN=C(NCCCN2CCOCC2)NCC2CC2)n1C. The summed E-state index contributed by atoms with van der Waals surface area (Å²) in [6.07, 6.45) is 3.77. The highest BCUT2D eigenvalue weighted by atomic mass is 16.5. The van der Waals surface area contributed by atoms with Crippen LogP contribution in [0.3, 0.4) is 0 Å². The van der Waals surface area contributed by atoms with Crippen molar-refractivity contribution in [3.63, 3.8) is 0 Å². The molecule has 1 saturated heterocycles. The monoisotopic (exact) mass is 349 g/mol. The van der Waals surface area contributed by atoms with Gasteiger partial charge in [-0.3, -0.25) is 4.90 Å². The van der Waals surface area contributed by atoms with Crippen molar-refractivity contribution in [3.05, 3.63) is 11.6 Å². The van der Waals surface area contributed by atoms with Crippen LogP contribution in [0.4, 0.5) is 0 Å².